The summed E-state index contributed by atoms with van der Waals surface area (Å²) in [6.45, 7) is 4.53. The number of hydrogen-bond donors (Lipinski definition) is 0. The van der Waals surface area contributed by atoms with Gasteiger partial charge in [-0.05, 0) is 50.7 Å². The quantitative estimate of drug-likeness (QED) is 0.0279. The standard InChI is InChI=1S/2C22H40O4.2C5H9N2/c2*1-2-3-4-5-6-7-8-9-10-11-12-13-14-15-16-17-20-26-22(25)19-18-21(23)24;2*1-6-3-4-7(2)5-6/h2*17,20H,2-16,18-19H2,1H3,(H,23,24);2*3-5H,1-2H3/q;;2*+1/p-2. The Hall–Kier alpha value is -4.22. The number of nitrogens with zero attached hydrogens (tertiary/aromatic N) is 4. The minimum absolute atomic E-state index is 0.133. The van der Waals surface area contributed by atoms with Crippen molar-refractivity contribution >= 4 is 23.9 Å². The van der Waals surface area contributed by atoms with Gasteiger partial charge in [0.1, 0.15) is 24.8 Å². The van der Waals surface area contributed by atoms with Crippen molar-refractivity contribution in [2.24, 2.45) is 28.2 Å². The largest absolute Gasteiger partial charge is 0.550 e. The first-order chi connectivity index (χ1) is 31.9. The van der Waals surface area contributed by atoms with E-state index in [0.29, 0.717) is 0 Å². The molecule has 12 heteroatoms. The van der Waals surface area contributed by atoms with Crippen LogP contribution in [0.25, 0.3) is 0 Å². The number of carboxylic acids is 2. The van der Waals surface area contributed by atoms with Gasteiger partial charge in [-0.1, -0.05) is 181 Å². The minimum Gasteiger partial charge on any atom is -0.550 e. The number of allylic oxidation sites excluding steroid dienone is 2. The van der Waals surface area contributed by atoms with Gasteiger partial charge >= 0.3 is 11.9 Å². The van der Waals surface area contributed by atoms with E-state index >= 15 is 0 Å². The number of carbonyl (C=O) groups is 4. The van der Waals surface area contributed by atoms with Crippen LogP contribution >= 0.6 is 0 Å². The lowest BCUT2D eigenvalue weighted by Crippen LogP contribution is -2.23. The van der Waals surface area contributed by atoms with Crippen molar-refractivity contribution in [2.45, 2.75) is 232 Å². The number of aryl methyl sites for hydroxylation is 4. The fourth-order valence-corrected chi connectivity index (χ4v) is 6.97. The maximum absolute atomic E-state index is 11.1. The highest BCUT2D eigenvalue weighted by Gasteiger charge is 2.02. The molecule has 66 heavy (non-hydrogen) atoms. The van der Waals surface area contributed by atoms with Crippen molar-refractivity contribution in [1.82, 2.24) is 9.13 Å². The molecule has 0 radical (unpaired) electrons. The molecule has 380 valence electrons. The van der Waals surface area contributed by atoms with Crippen molar-refractivity contribution < 1.29 is 48.0 Å². The van der Waals surface area contributed by atoms with E-state index in [4.69, 9.17) is 9.47 Å². The van der Waals surface area contributed by atoms with Crippen LogP contribution < -0.4 is 19.3 Å². The van der Waals surface area contributed by atoms with Crippen LogP contribution in [-0.4, -0.2) is 33.0 Å². The molecule has 0 amide bonds. The topological polar surface area (TPSA) is 150 Å². The second-order valence-electron chi connectivity index (χ2n) is 17.7. The Balaban J connectivity index is 0. The molecule has 0 saturated heterocycles. The summed E-state index contributed by atoms with van der Waals surface area (Å²) in [4.78, 5) is 42.7. The lowest BCUT2D eigenvalue weighted by Gasteiger charge is -2.03. The summed E-state index contributed by atoms with van der Waals surface area (Å²) in [5.41, 5.74) is 0. The Bertz CT molecular complexity index is 1330. The zero-order valence-electron chi connectivity index (χ0n) is 42.9. The van der Waals surface area contributed by atoms with Gasteiger partial charge in [0.2, 0.25) is 12.7 Å². The third-order valence-corrected chi connectivity index (χ3v) is 10.9. The molecule has 0 atom stereocenters. The summed E-state index contributed by atoms with van der Waals surface area (Å²) in [5.74, 6) is -3.50. The molecule has 0 N–H and O–H groups in total. The van der Waals surface area contributed by atoms with E-state index in [1.807, 2.05) is 96.1 Å². The molecule has 0 unspecified atom stereocenters. The van der Waals surface area contributed by atoms with Crippen molar-refractivity contribution in [3.8, 4) is 0 Å². The zero-order chi connectivity index (χ0) is 49.1. The van der Waals surface area contributed by atoms with Crippen LogP contribution in [0, 0.1) is 0 Å². The zero-order valence-corrected chi connectivity index (χ0v) is 42.9. The maximum Gasteiger partial charge on any atom is 0.310 e. The lowest BCUT2D eigenvalue weighted by molar-refractivity contribution is -0.671. The molecule has 0 aliphatic carbocycles. The third kappa shape index (κ3) is 54.1. The normalized spacial score (nSPS) is 10.8. The Morgan fingerprint density at radius 1 is 0.439 bits per heavy atom. The molecule has 0 aromatic carbocycles. The number of ether oxygens (including phenoxy) is 2. The van der Waals surface area contributed by atoms with Gasteiger partial charge < -0.3 is 29.3 Å². The van der Waals surface area contributed by atoms with Crippen molar-refractivity contribution in [2.75, 3.05) is 0 Å². The van der Waals surface area contributed by atoms with Crippen molar-refractivity contribution in [3.63, 3.8) is 0 Å². The van der Waals surface area contributed by atoms with Gasteiger partial charge in [-0.3, -0.25) is 9.59 Å². The van der Waals surface area contributed by atoms with Crippen LogP contribution in [0.5, 0.6) is 0 Å². The lowest BCUT2D eigenvalue weighted by atomic mass is 10.0. The number of imidazole rings is 2. The van der Waals surface area contributed by atoms with Gasteiger partial charge in [0.05, 0.1) is 53.6 Å². The molecule has 0 saturated carbocycles. The van der Waals surface area contributed by atoms with E-state index < -0.39 is 23.9 Å². The molecular weight excluding hydrogens is 833 g/mol. The molecule has 0 bridgehead atoms. The number of aliphatic carboxylic acids is 2. The molecule has 0 aliphatic heterocycles. The predicted molar refractivity (Wildman–Crippen MR) is 262 cm³/mol. The molecule has 12 nitrogen and oxygen atoms in total. The molecule has 0 spiro atoms. The Morgan fingerprint density at radius 2 is 0.697 bits per heavy atom. The highest BCUT2D eigenvalue weighted by molar-refractivity contribution is 5.76. The van der Waals surface area contributed by atoms with Gasteiger partial charge in [-0.25, -0.2) is 18.3 Å². The number of hydrogen-bond acceptors (Lipinski definition) is 8. The molecule has 2 rings (SSSR count). The van der Waals surface area contributed by atoms with E-state index in [-0.39, 0.29) is 25.7 Å². The van der Waals surface area contributed by atoms with Gasteiger partial charge in [0.15, 0.2) is 0 Å². The third-order valence-electron chi connectivity index (χ3n) is 10.9. The average molecular weight is 929 g/mol. The second-order valence-corrected chi connectivity index (χ2v) is 17.7. The SMILES string of the molecule is CCCCCCCCCCCCCCCCC=COC(=O)CCC(=O)[O-].CCCCCCCCCCCCCCCCC=COC(=O)CCC(=O)[O-].Cn1cc[n+](C)c1.Cn1cc[n+](C)c1. The summed E-state index contributed by atoms with van der Waals surface area (Å²) >= 11 is 0. The minimum atomic E-state index is -1.23. The molecule has 0 fully saturated rings. The van der Waals surface area contributed by atoms with Crippen molar-refractivity contribution in [3.05, 3.63) is 62.1 Å². The van der Waals surface area contributed by atoms with E-state index in [1.165, 1.54) is 179 Å². The smallest absolute Gasteiger partial charge is 0.310 e. The summed E-state index contributed by atoms with van der Waals surface area (Å²) in [7, 11) is 8.00. The van der Waals surface area contributed by atoms with Crippen LogP contribution in [0.4, 0.5) is 0 Å². The predicted octanol–water partition coefficient (Wildman–Crippen LogP) is 10.6. The molecular formula is C54H96N4O8. The molecule has 2 aromatic rings. The van der Waals surface area contributed by atoms with Crippen molar-refractivity contribution in [1.29, 1.82) is 0 Å². The summed E-state index contributed by atoms with van der Waals surface area (Å²) in [5, 5.41) is 20.4. The van der Waals surface area contributed by atoms with Crippen LogP contribution in [0.2, 0.25) is 0 Å². The molecule has 2 aromatic heterocycles. The van der Waals surface area contributed by atoms with Gasteiger partial charge in [-0.15, -0.1) is 0 Å². The van der Waals surface area contributed by atoms with Gasteiger partial charge in [0, 0.05) is 11.9 Å². The van der Waals surface area contributed by atoms with Gasteiger partial charge in [-0.2, -0.15) is 0 Å². The Labute approximate surface area is 402 Å². The number of unbranched alkanes of at least 4 members (excludes halogenated alkanes) is 28. The number of carbonyl (C=O) groups excluding carboxylic acids is 4. The number of esters is 2. The van der Waals surface area contributed by atoms with E-state index in [9.17, 15) is 29.4 Å². The average Bonchev–Trinajstić information content (AvgIpc) is 3.88. The Morgan fingerprint density at radius 3 is 0.894 bits per heavy atom. The monoisotopic (exact) mass is 929 g/mol. The second kappa shape index (κ2) is 50.2. The number of carboxylic acid groups (broad SMARTS) is 2. The van der Waals surface area contributed by atoms with Crippen LogP contribution in [0.1, 0.15) is 232 Å². The highest BCUT2D eigenvalue weighted by Crippen LogP contribution is 2.15. The fraction of sp³-hybridized carbons (Fsp3) is 0.741. The molecule has 2 heterocycles. The Kier molecular flexibility index (Phi) is 48.6. The first-order valence-electron chi connectivity index (χ1n) is 25.9. The van der Waals surface area contributed by atoms with E-state index in [1.54, 1.807) is 0 Å². The van der Waals surface area contributed by atoms with Crippen LogP contribution in [0.3, 0.4) is 0 Å². The number of aromatic nitrogens is 4. The van der Waals surface area contributed by atoms with Crippen LogP contribution in [0.15, 0.2) is 62.1 Å². The fourth-order valence-electron chi connectivity index (χ4n) is 6.97. The summed E-state index contributed by atoms with van der Waals surface area (Å²) in [6, 6.07) is 0. The summed E-state index contributed by atoms with van der Waals surface area (Å²) in [6.07, 6.45) is 57.0. The number of rotatable bonds is 38. The highest BCUT2D eigenvalue weighted by atomic mass is 16.5. The van der Waals surface area contributed by atoms with E-state index in [2.05, 4.69) is 13.8 Å². The first-order valence-corrected chi connectivity index (χ1v) is 25.9. The maximum atomic E-state index is 11.1. The van der Waals surface area contributed by atoms with Crippen LogP contribution in [-0.2, 0) is 56.8 Å². The molecule has 0 aliphatic rings. The first kappa shape index (κ1) is 63.9. The summed E-state index contributed by atoms with van der Waals surface area (Å²) < 4.78 is 17.6. The van der Waals surface area contributed by atoms with E-state index in [0.717, 1.165) is 25.7 Å². The van der Waals surface area contributed by atoms with Gasteiger partial charge in [0.25, 0.3) is 0 Å².